The molecule has 0 saturated heterocycles. The average Bonchev–Trinajstić information content (AvgIpc) is 3.19. The summed E-state index contributed by atoms with van der Waals surface area (Å²) in [6, 6.07) is 14.5. The van der Waals surface area contributed by atoms with Crippen molar-refractivity contribution in [3.05, 3.63) is 54.1 Å². The van der Waals surface area contributed by atoms with E-state index in [2.05, 4.69) is 15.5 Å². The summed E-state index contributed by atoms with van der Waals surface area (Å²) in [7, 11) is 3.49. The zero-order valence-electron chi connectivity index (χ0n) is 18.7. The number of methoxy groups -OCH3 is 1. The largest absolute Gasteiger partial charge is 0.497 e. The molecule has 2 aromatic carbocycles. The molecule has 1 aromatic heterocycles. The number of thioether (sulfide) groups is 1. The quantitative estimate of drug-likeness (QED) is 0.497. The number of nitrogens with one attached hydrogen (secondary N) is 1. The molecule has 168 valence electrons. The third-order valence-corrected chi connectivity index (χ3v) is 6.00. The Balaban J connectivity index is 1.57. The van der Waals surface area contributed by atoms with Crippen LogP contribution < -0.4 is 10.1 Å². The fraction of sp³-hybridized carbons (Fsp3) is 0.304. The molecule has 0 atom stereocenters. The number of anilines is 1. The van der Waals surface area contributed by atoms with E-state index in [1.807, 2.05) is 49.7 Å². The van der Waals surface area contributed by atoms with Gasteiger partial charge in [-0.05, 0) is 62.4 Å². The third-order valence-electron chi connectivity index (χ3n) is 4.98. The molecule has 0 unspecified atom stereocenters. The van der Waals surface area contributed by atoms with Crippen molar-refractivity contribution in [2.75, 3.05) is 31.3 Å². The second-order valence-electron chi connectivity index (χ2n) is 6.99. The fourth-order valence-electron chi connectivity index (χ4n) is 3.15. The molecular formula is C23H27N5O3S. The maximum Gasteiger partial charge on any atom is 0.253 e. The maximum atomic E-state index is 12.4. The predicted octanol–water partition coefficient (Wildman–Crippen LogP) is 3.70. The first-order valence-electron chi connectivity index (χ1n) is 10.3. The molecule has 32 heavy (non-hydrogen) atoms. The summed E-state index contributed by atoms with van der Waals surface area (Å²) in [5.74, 6) is 1.50. The maximum absolute atomic E-state index is 12.4. The number of hydrogen-bond acceptors (Lipinski definition) is 6. The second-order valence-corrected chi connectivity index (χ2v) is 7.93. The van der Waals surface area contributed by atoms with E-state index in [1.165, 1.54) is 11.8 Å². The molecule has 1 N–H and O–H groups in total. The SMILES string of the molecule is CCN(CC)C(=O)c1ccc(NC(=O)CSc2nnc(-c3ccc(OC)cc3)n2C)cc1. The lowest BCUT2D eigenvalue weighted by Gasteiger charge is -2.18. The Bertz CT molecular complexity index is 1060. The van der Waals surface area contributed by atoms with E-state index in [-0.39, 0.29) is 17.6 Å². The first-order chi connectivity index (χ1) is 15.5. The van der Waals surface area contributed by atoms with Crippen LogP contribution in [0.15, 0.2) is 53.7 Å². The minimum absolute atomic E-state index is 0.0154. The highest BCUT2D eigenvalue weighted by atomic mass is 32.2. The lowest BCUT2D eigenvalue weighted by molar-refractivity contribution is -0.113. The van der Waals surface area contributed by atoms with Gasteiger partial charge >= 0.3 is 0 Å². The summed E-state index contributed by atoms with van der Waals surface area (Å²) >= 11 is 1.31. The Hall–Kier alpha value is -3.33. The number of aromatic nitrogens is 3. The van der Waals surface area contributed by atoms with Crippen LogP contribution in [0.2, 0.25) is 0 Å². The van der Waals surface area contributed by atoms with Crippen LogP contribution in [0.3, 0.4) is 0 Å². The number of rotatable bonds is 9. The number of hydrogen-bond donors (Lipinski definition) is 1. The van der Waals surface area contributed by atoms with Gasteiger partial charge in [0.15, 0.2) is 11.0 Å². The topological polar surface area (TPSA) is 89.3 Å². The third kappa shape index (κ3) is 5.47. The lowest BCUT2D eigenvalue weighted by Crippen LogP contribution is -2.30. The van der Waals surface area contributed by atoms with E-state index in [4.69, 9.17) is 4.74 Å². The molecule has 2 amide bonds. The molecule has 8 nitrogen and oxygen atoms in total. The van der Waals surface area contributed by atoms with Crippen molar-refractivity contribution in [3.8, 4) is 17.1 Å². The van der Waals surface area contributed by atoms with Crippen LogP contribution in [0, 0.1) is 0 Å². The predicted molar refractivity (Wildman–Crippen MR) is 126 cm³/mol. The van der Waals surface area contributed by atoms with Crippen LogP contribution in [0.4, 0.5) is 5.69 Å². The molecule has 0 aliphatic heterocycles. The molecule has 3 aromatic rings. The first-order valence-corrected chi connectivity index (χ1v) is 11.3. The standard InChI is InChI=1S/C23H27N5O3S/c1-5-28(6-2)22(30)17-7-11-18(12-8-17)24-20(29)15-32-23-26-25-21(27(23)3)16-9-13-19(31-4)14-10-16/h7-14H,5-6,15H2,1-4H3,(H,24,29). The number of carbonyl (C=O) groups is 2. The van der Waals surface area contributed by atoms with Crippen molar-refractivity contribution in [2.24, 2.45) is 7.05 Å². The average molecular weight is 454 g/mol. The summed E-state index contributed by atoms with van der Waals surface area (Å²) in [4.78, 5) is 26.5. The van der Waals surface area contributed by atoms with Gasteiger partial charge in [0.1, 0.15) is 5.75 Å². The fourth-order valence-corrected chi connectivity index (χ4v) is 3.86. The molecule has 3 rings (SSSR count). The van der Waals surface area contributed by atoms with Crippen molar-refractivity contribution in [1.82, 2.24) is 19.7 Å². The van der Waals surface area contributed by atoms with Crippen LogP contribution in [0.1, 0.15) is 24.2 Å². The number of benzene rings is 2. The minimum Gasteiger partial charge on any atom is -0.497 e. The molecule has 0 spiro atoms. The van der Waals surface area contributed by atoms with Crippen LogP contribution in [0.25, 0.3) is 11.4 Å². The Morgan fingerprint density at radius 2 is 1.69 bits per heavy atom. The number of amides is 2. The zero-order chi connectivity index (χ0) is 23.1. The lowest BCUT2D eigenvalue weighted by atomic mass is 10.2. The van der Waals surface area contributed by atoms with Gasteiger partial charge in [-0.15, -0.1) is 10.2 Å². The van der Waals surface area contributed by atoms with Gasteiger partial charge in [0, 0.05) is 37.0 Å². The van der Waals surface area contributed by atoms with Crippen LogP contribution in [0.5, 0.6) is 5.75 Å². The summed E-state index contributed by atoms with van der Waals surface area (Å²) in [6.07, 6.45) is 0. The van der Waals surface area contributed by atoms with Crippen LogP contribution in [-0.4, -0.2) is 57.4 Å². The van der Waals surface area contributed by atoms with Crippen LogP contribution >= 0.6 is 11.8 Å². The van der Waals surface area contributed by atoms with Crippen molar-refractivity contribution >= 4 is 29.3 Å². The molecule has 0 aliphatic carbocycles. The Morgan fingerprint density at radius 1 is 1.03 bits per heavy atom. The Labute approximate surface area is 192 Å². The monoisotopic (exact) mass is 453 g/mol. The first kappa shape index (κ1) is 23.3. The van der Waals surface area contributed by atoms with E-state index in [1.54, 1.807) is 36.3 Å². The van der Waals surface area contributed by atoms with E-state index in [9.17, 15) is 9.59 Å². The van der Waals surface area contributed by atoms with Crippen molar-refractivity contribution in [2.45, 2.75) is 19.0 Å². The second kappa shape index (κ2) is 10.8. The highest BCUT2D eigenvalue weighted by Gasteiger charge is 2.14. The Kier molecular flexibility index (Phi) is 7.88. The van der Waals surface area contributed by atoms with Gasteiger partial charge in [0.25, 0.3) is 5.91 Å². The molecule has 9 heteroatoms. The van der Waals surface area contributed by atoms with Gasteiger partial charge in [0.05, 0.1) is 12.9 Å². The van der Waals surface area contributed by atoms with Crippen LogP contribution in [-0.2, 0) is 11.8 Å². The zero-order valence-corrected chi connectivity index (χ0v) is 19.5. The van der Waals surface area contributed by atoms with E-state index in [0.717, 1.165) is 11.3 Å². The summed E-state index contributed by atoms with van der Waals surface area (Å²) in [5, 5.41) is 11.9. The Morgan fingerprint density at radius 3 is 2.28 bits per heavy atom. The molecular weight excluding hydrogens is 426 g/mol. The highest BCUT2D eigenvalue weighted by molar-refractivity contribution is 7.99. The smallest absolute Gasteiger partial charge is 0.253 e. The molecule has 0 aliphatic rings. The number of ether oxygens (including phenoxy) is 1. The van der Waals surface area contributed by atoms with Crippen molar-refractivity contribution in [1.29, 1.82) is 0 Å². The van der Waals surface area contributed by atoms with E-state index < -0.39 is 0 Å². The molecule has 1 heterocycles. The highest BCUT2D eigenvalue weighted by Crippen LogP contribution is 2.24. The number of nitrogens with zero attached hydrogens (tertiary/aromatic N) is 4. The minimum atomic E-state index is -0.160. The van der Waals surface area contributed by atoms with Gasteiger partial charge < -0.3 is 19.5 Å². The van der Waals surface area contributed by atoms with E-state index >= 15 is 0 Å². The molecule has 0 radical (unpaired) electrons. The molecule has 0 bridgehead atoms. The van der Waals surface area contributed by atoms with Gasteiger partial charge in [-0.3, -0.25) is 9.59 Å². The molecule has 0 fully saturated rings. The summed E-state index contributed by atoms with van der Waals surface area (Å²) in [5.41, 5.74) is 2.16. The summed E-state index contributed by atoms with van der Waals surface area (Å²) < 4.78 is 7.04. The normalized spacial score (nSPS) is 10.6. The van der Waals surface area contributed by atoms with Gasteiger partial charge in [-0.25, -0.2) is 0 Å². The number of carbonyl (C=O) groups excluding carboxylic acids is 2. The van der Waals surface area contributed by atoms with Gasteiger partial charge in [-0.1, -0.05) is 11.8 Å². The van der Waals surface area contributed by atoms with E-state index in [0.29, 0.717) is 35.3 Å². The van der Waals surface area contributed by atoms with Crippen molar-refractivity contribution < 1.29 is 14.3 Å². The van der Waals surface area contributed by atoms with Gasteiger partial charge in [-0.2, -0.15) is 0 Å². The summed E-state index contributed by atoms with van der Waals surface area (Å²) in [6.45, 7) is 5.22. The van der Waals surface area contributed by atoms with Gasteiger partial charge in [0.2, 0.25) is 5.91 Å². The van der Waals surface area contributed by atoms with Crippen molar-refractivity contribution in [3.63, 3.8) is 0 Å². The molecule has 0 saturated carbocycles.